The largest absolute Gasteiger partial charge is 0.417 e. The van der Waals surface area contributed by atoms with Gasteiger partial charge in [-0.25, -0.2) is 0 Å². The van der Waals surface area contributed by atoms with Crippen LogP contribution in [-0.4, -0.2) is 15.7 Å². The van der Waals surface area contributed by atoms with Gasteiger partial charge in [-0.2, -0.15) is 13.2 Å². The average Bonchev–Trinajstić information content (AvgIpc) is 2.64. The summed E-state index contributed by atoms with van der Waals surface area (Å²) in [5.74, 6) is 0. The molecule has 0 spiro atoms. The third-order valence-electron chi connectivity index (χ3n) is 3.20. The van der Waals surface area contributed by atoms with Gasteiger partial charge in [0.15, 0.2) is 0 Å². The predicted molar refractivity (Wildman–Crippen MR) is 56.4 cm³/mol. The van der Waals surface area contributed by atoms with Crippen LogP contribution < -0.4 is 0 Å². The summed E-state index contributed by atoms with van der Waals surface area (Å²) in [4.78, 5) is 3.77. The molecule has 2 nitrogen and oxygen atoms in total. The van der Waals surface area contributed by atoms with Crippen LogP contribution in [0.25, 0.3) is 0 Å². The summed E-state index contributed by atoms with van der Waals surface area (Å²) in [5, 5.41) is 10.1. The highest BCUT2D eigenvalue weighted by Crippen LogP contribution is 2.33. The van der Waals surface area contributed by atoms with Crippen molar-refractivity contribution in [2.45, 2.75) is 43.9 Å². The maximum Gasteiger partial charge on any atom is 0.417 e. The first-order chi connectivity index (χ1) is 7.89. The molecule has 17 heavy (non-hydrogen) atoms. The topological polar surface area (TPSA) is 33.1 Å². The van der Waals surface area contributed by atoms with Crippen molar-refractivity contribution >= 4 is 0 Å². The summed E-state index contributed by atoms with van der Waals surface area (Å²) in [7, 11) is 0. The van der Waals surface area contributed by atoms with Crippen LogP contribution in [0.2, 0.25) is 0 Å². The molecule has 1 aromatic heterocycles. The van der Waals surface area contributed by atoms with E-state index in [1.54, 1.807) is 0 Å². The van der Waals surface area contributed by atoms with Gasteiger partial charge in [0.05, 0.1) is 11.2 Å². The Morgan fingerprint density at radius 3 is 2.35 bits per heavy atom. The minimum atomic E-state index is -4.35. The van der Waals surface area contributed by atoms with Crippen LogP contribution in [0.15, 0.2) is 18.3 Å². The molecule has 1 aromatic rings. The Morgan fingerprint density at radius 2 is 1.88 bits per heavy atom. The molecule has 1 fully saturated rings. The third-order valence-corrected chi connectivity index (χ3v) is 3.20. The first-order valence-electron chi connectivity index (χ1n) is 5.64. The normalized spacial score (nSPS) is 19.5. The summed E-state index contributed by atoms with van der Waals surface area (Å²) >= 11 is 0. The molecule has 94 valence electrons. The number of alkyl halides is 3. The second kappa shape index (κ2) is 4.29. The van der Waals surface area contributed by atoms with E-state index in [0.717, 1.165) is 25.1 Å². The lowest BCUT2D eigenvalue weighted by Gasteiger charge is -2.21. The third kappa shape index (κ3) is 2.97. The van der Waals surface area contributed by atoms with E-state index in [2.05, 4.69) is 4.98 Å². The van der Waals surface area contributed by atoms with Crippen molar-refractivity contribution < 1.29 is 18.3 Å². The number of aliphatic hydroxyl groups is 1. The standard InChI is InChI=1S/C12H14F3NO/c13-12(14,15)9-3-4-10(16-8-9)7-11(17)5-1-2-6-11/h3-4,8,17H,1-2,5-7H2. The first kappa shape index (κ1) is 12.4. The Kier molecular flexibility index (Phi) is 3.12. The van der Waals surface area contributed by atoms with Gasteiger partial charge >= 0.3 is 6.18 Å². The lowest BCUT2D eigenvalue weighted by Crippen LogP contribution is -2.27. The Hall–Kier alpha value is -1.10. The van der Waals surface area contributed by atoms with Crippen LogP contribution in [0.3, 0.4) is 0 Å². The number of hydrogen-bond acceptors (Lipinski definition) is 2. The summed E-state index contributed by atoms with van der Waals surface area (Å²) in [6, 6.07) is 2.36. The molecular weight excluding hydrogens is 231 g/mol. The molecule has 0 bridgehead atoms. The maximum absolute atomic E-state index is 12.3. The lowest BCUT2D eigenvalue weighted by atomic mass is 9.95. The predicted octanol–water partition coefficient (Wildman–Crippen LogP) is 2.95. The van der Waals surface area contributed by atoms with Crippen LogP contribution in [-0.2, 0) is 12.6 Å². The summed E-state index contributed by atoms with van der Waals surface area (Å²) in [6.07, 6.45) is 0.161. The maximum atomic E-state index is 12.3. The fourth-order valence-electron chi connectivity index (χ4n) is 2.24. The molecule has 0 unspecified atom stereocenters. The van der Waals surface area contributed by atoms with Gasteiger partial charge in [-0.3, -0.25) is 4.98 Å². The fraction of sp³-hybridized carbons (Fsp3) is 0.583. The zero-order chi connectivity index (χ0) is 12.5. The number of hydrogen-bond donors (Lipinski definition) is 1. The van der Waals surface area contributed by atoms with Crippen molar-refractivity contribution in [1.82, 2.24) is 4.98 Å². The quantitative estimate of drug-likeness (QED) is 0.869. The molecule has 0 aromatic carbocycles. The highest BCUT2D eigenvalue weighted by molar-refractivity contribution is 5.18. The van der Waals surface area contributed by atoms with Gasteiger partial charge in [0.1, 0.15) is 0 Å². The Labute approximate surface area is 97.5 Å². The SMILES string of the molecule is OC1(Cc2ccc(C(F)(F)F)cn2)CCCC1. The summed E-state index contributed by atoms with van der Waals surface area (Å²) in [5.41, 5.74) is -1.01. The first-order valence-corrected chi connectivity index (χ1v) is 5.64. The van der Waals surface area contributed by atoms with E-state index in [4.69, 9.17) is 0 Å². The second-order valence-corrected chi connectivity index (χ2v) is 4.64. The molecule has 1 N–H and O–H groups in total. The van der Waals surface area contributed by atoms with Crippen LogP contribution in [0, 0.1) is 0 Å². The number of aromatic nitrogens is 1. The molecule has 1 aliphatic rings. The second-order valence-electron chi connectivity index (χ2n) is 4.64. The summed E-state index contributed by atoms with van der Waals surface area (Å²) in [6.45, 7) is 0. The zero-order valence-corrected chi connectivity index (χ0v) is 9.30. The summed E-state index contributed by atoms with van der Waals surface area (Å²) < 4.78 is 36.9. The van der Waals surface area contributed by atoms with Gasteiger partial charge in [0.2, 0.25) is 0 Å². The molecule has 0 aliphatic heterocycles. The van der Waals surface area contributed by atoms with E-state index in [1.807, 2.05) is 0 Å². The monoisotopic (exact) mass is 245 g/mol. The Morgan fingerprint density at radius 1 is 1.24 bits per heavy atom. The van der Waals surface area contributed by atoms with E-state index in [-0.39, 0.29) is 0 Å². The number of halogens is 3. The zero-order valence-electron chi connectivity index (χ0n) is 9.30. The lowest BCUT2D eigenvalue weighted by molar-refractivity contribution is -0.137. The molecular formula is C12H14F3NO. The van der Waals surface area contributed by atoms with Crippen molar-refractivity contribution in [3.63, 3.8) is 0 Å². The van der Waals surface area contributed by atoms with Gasteiger partial charge < -0.3 is 5.11 Å². The van der Waals surface area contributed by atoms with E-state index < -0.39 is 17.3 Å². The minimum Gasteiger partial charge on any atom is -0.389 e. The van der Waals surface area contributed by atoms with E-state index in [0.29, 0.717) is 25.0 Å². The van der Waals surface area contributed by atoms with Crippen molar-refractivity contribution in [2.24, 2.45) is 0 Å². The van der Waals surface area contributed by atoms with Gasteiger partial charge in [-0.15, -0.1) is 0 Å². The van der Waals surface area contributed by atoms with Gasteiger partial charge in [0, 0.05) is 18.3 Å². The van der Waals surface area contributed by atoms with Crippen molar-refractivity contribution in [3.05, 3.63) is 29.6 Å². The molecule has 1 aliphatic carbocycles. The average molecular weight is 245 g/mol. The van der Waals surface area contributed by atoms with Crippen LogP contribution in [0.1, 0.15) is 36.9 Å². The molecule has 0 atom stereocenters. The number of pyridine rings is 1. The smallest absolute Gasteiger partial charge is 0.389 e. The molecule has 1 saturated carbocycles. The van der Waals surface area contributed by atoms with Crippen molar-refractivity contribution in [3.8, 4) is 0 Å². The fourth-order valence-corrected chi connectivity index (χ4v) is 2.24. The van der Waals surface area contributed by atoms with Crippen molar-refractivity contribution in [1.29, 1.82) is 0 Å². The van der Waals surface area contributed by atoms with Gasteiger partial charge in [-0.1, -0.05) is 12.8 Å². The van der Waals surface area contributed by atoms with Crippen molar-refractivity contribution in [2.75, 3.05) is 0 Å². The number of nitrogens with zero attached hydrogens (tertiary/aromatic N) is 1. The number of rotatable bonds is 2. The Bertz CT molecular complexity index is 380. The van der Waals surface area contributed by atoms with Crippen LogP contribution in [0.4, 0.5) is 13.2 Å². The van der Waals surface area contributed by atoms with E-state index in [1.165, 1.54) is 6.07 Å². The molecule has 1 heterocycles. The van der Waals surface area contributed by atoms with Crippen LogP contribution >= 0.6 is 0 Å². The molecule has 0 radical (unpaired) electrons. The van der Waals surface area contributed by atoms with Crippen LogP contribution in [0.5, 0.6) is 0 Å². The highest BCUT2D eigenvalue weighted by atomic mass is 19.4. The van der Waals surface area contributed by atoms with E-state index >= 15 is 0 Å². The minimum absolute atomic E-state index is 0.338. The molecule has 0 amide bonds. The molecule has 0 saturated heterocycles. The van der Waals surface area contributed by atoms with E-state index in [9.17, 15) is 18.3 Å². The van der Waals surface area contributed by atoms with Gasteiger partial charge in [0.25, 0.3) is 0 Å². The highest BCUT2D eigenvalue weighted by Gasteiger charge is 2.33. The Balaban J connectivity index is 2.08. The molecule has 2 rings (SSSR count). The molecule has 5 heteroatoms. The van der Waals surface area contributed by atoms with Gasteiger partial charge in [-0.05, 0) is 25.0 Å².